The van der Waals surface area contributed by atoms with Crippen molar-refractivity contribution in [3.63, 3.8) is 0 Å². The lowest BCUT2D eigenvalue weighted by atomic mass is 10.1. The number of ether oxygens (including phenoxy) is 1. The number of hydrogen-bond acceptors (Lipinski definition) is 3. The molecule has 26 heavy (non-hydrogen) atoms. The molecule has 3 rings (SSSR count). The van der Waals surface area contributed by atoms with Gasteiger partial charge in [-0.2, -0.15) is 0 Å². The predicted octanol–water partition coefficient (Wildman–Crippen LogP) is 4.17. The van der Waals surface area contributed by atoms with Gasteiger partial charge in [-0.05, 0) is 36.3 Å². The van der Waals surface area contributed by atoms with Crippen molar-refractivity contribution in [2.24, 2.45) is 0 Å². The van der Waals surface area contributed by atoms with E-state index < -0.39 is 5.97 Å². The number of imidazole rings is 1. The largest absolute Gasteiger partial charge is 0.462 e. The number of halogens is 1. The average Bonchev–Trinajstić information content (AvgIpc) is 3.10. The molecule has 4 nitrogen and oxygen atoms in total. The summed E-state index contributed by atoms with van der Waals surface area (Å²) >= 11 is 0. The van der Waals surface area contributed by atoms with Gasteiger partial charge in [-0.3, -0.25) is 0 Å². The van der Waals surface area contributed by atoms with E-state index in [1.54, 1.807) is 31.3 Å². The van der Waals surface area contributed by atoms with E-state index >= 15 is 0 Å². The molecule has 0 radical (unpaired) electrons. The van der Waals surface area contributed by atoms with Gasteiger partial charge in [0.1, 0.15) is 17.2 Å². The molecule has 0 aliphatic heterocycles. The standard InChI is InChI=1S/C21H19FN2O2/c1-2-26-21(25)19(14-16-8-10-18(22)11-9-16)20-23-12-13-24(20)15-17-6-4-3-5-7-17/h3-14H,2,15H2,1H3/b19-14+. The topological polar surface area (TPSA) is 44.1 Å². The first kappa shape index (κ1) is 17.6. The second-order valence-electron chi connectivity index (χ2n) is 5.69. The van der Waals surface area contributed by atoms with Crippen molar-refractivity contribution >= 4 is 17.6 Å². The number of hydrogen-bond donors (Lipinski definition) is 0. The van der Waals surface area contributed by atoms with Crippen molar-refractivity contribution < 1.29 is 13.9 Å². The third-order valence-corrected chi connectivity index (χ3v) is 3.83. The molecule has 0 aliphatic carbocycles. The van der Waals surface area contributed by atoms with E-state index in [9.17, 15) is 9.18 Å². The summed E-state index contributed by atoms with van der Waals surface area (Å²) in [5, 5.41) is 0. The van der Waals surface area contributed by atoms with Crippen molar-refractivity contribution in [2.75, 3.05) is 6.61 Å². The van der Waals surface area contributed by atoms with Crippen LogP contribution in [0.2, 0.25) is 0 Å². The van der Waals surface area contributed by atoms with Crippen molar-refractivity contribution in [1.82, 2.24) is 9.55 Å². The third-order valence-electron chi connectivity index (χ3n) is 3.83. The zero-order valence-electron chi connectivity index (χ0n) is 14.4. The zero-order chi connectivity index (χ0) is 18.4. The molecular formula is C21H19FN2O2. The maximum atomic E-state index is 13.2. The molecule has 3 aromatic rings. The smallest absolute Gasteiger partial charge is 0.341 e. The Morgan fingerprint density at radius 1 is 1.15 bits per heavy atom. The lowest BCUT2D eigenvalue weighted by molar-refractivity contribution is -0.136. The van der Waals surface area contributed by atoms with Gasteiger partial charge in [0.05, 0.1) is 6.61 Å². The average molecular weight is 350 g/mol. The predicted molar refractivity (Wildman–Crippen MR) is 98.7 cm³/mol. The van der Waals surface area contributed by atoms with Crippen molar-refractivity contribution in [1.29, 1.82) is 0 Å². The van der Waals surface area contributed by atoms with Crippen LogP contribution >= 0.6 is 0 Å². The summed E-state index contributed by atoms with van der Waals surface area (Å²) in [6.07, 6.45) is 5.14. The van der Waals surface area contributed by atoms with Crippen LogP contribution in [0, 0.1) is 5.82 Å². The second kappa shape index (κ2) is 8.25. The minimum Gasteiger partial charge on any atom is -0.462 e. The third kappa shape index (κ3) is 4.25. The van der Waals surface area contributed by atoms with Gasteiger partial charge in [-0.25, -0.2) is 14.2 Å². The van der Waals surface area contributed by atoms with E-state index in [0.29, 0.717) is 23.5 Å². The van der Waals surface area contributed by atoms with Gasteiger partial charge in [-0.1, -0.05) is 42.5 Å². The lowest BCUT2D eigenvalue weighted by Gasteiger charge is -2.11. The number of carbonyl (C=O) groups is 1. The number of nitrogens with zero attached hydrogens (tertiary/aromatic N) is 2. The fraction of sp³-hybridized carbons (Fsp3) is 0.143. The summed E-state index contributed by atoms with van der Waals surface area (Å²) in [6, 6.07) is 15.8. The Balaban J connectivity index is 1.99. The summed E-state index contributed by atoms with van der Waals surface area (Å²) in [5.41, 5.74) is 2.12. The molecule has 0 aliphatic rings. The molecule has 1 aromatic heterocycles. The Morgan fingerprint density at radius 2 is 1.88 bits per heavy atom. The van der Waals surface area contributed by atoms with Gasteiger partial charge < -0.3 is 9.30 Å². The van der Waals surface area contributed by atoms with Crippen molar-refractivity contribution in [2.45, 2.75) is 13.5 Å². The molecule has 132 valence electrons. The van der Waals surface area contributed by atoms with Crippen molar-refractivity contribution in [3.05, 3.63) is 89.8 Å². The highest BCUT2D eigenvalue weighted by Crippen LogP contribution is 2.20. The molecule has 1 heterocycles. The van der Waals surface area contributed by atoms with Crippen LogP contribution in [0.3, 0.4) is 0 Å². The fourth-order valence-electron chi connectivity index (χ4n) is 2.61. The second-order valence-corrected chi connectivity index (χ2v) is 5.69. The van der Waals surface area contributed by atoms with Crippen LogP contribution < -0.4 is 0 Å². The summed E-state index contributed by atoms with van der Waals surface area (Å²) in [6.45, 7) is 2.60. The SMILES string of the molecule is CCOC(=O)/C(=C/c1ccc(F)cc1)c1nccn1Cc1ccccc1. The molecule has 0 atom stereocenters. The molecule has 2 aromatic carbocycles. The summed E-state index contributed by atoms with van der Waals surface area (Å²) in [7, 11) is 0. The maximum Gasteiger partial charge on any atom is 0.341 e. The van der Waals surface area contributed by atoms with E-state index in [4.69, 9.17) is 4.74 Å². The summed E-state index contributed by atoms with van der Waals surface area (Å²) < 4.78 is 20.2. The first-order valence-corrected chi connectivity index (χ1v) is 8.37. The Bertz CT molecular complexity index is 899. The van der Waals surface area contributed by atoms with Gasteiger partial charge in [0.25, 0.3) is 0 Å². The molecule has 0 amide bonds. The van der Waals surface area contributed by atoms with Crippen molar-refractivity contribution in [3.8, 4) is 0 Å². The zero-order valence-corrected chi connectivity index (χ0v) is 14.4. The lowest BCUT2D eigenvalue weighted by Crippen LogP contribution is -2.12. The summed E-state index contributed by atoms with van der Waals surface area (Å²) in [5.74, 6) is -0.278. The Kier molecular flexibility index (Phi) is 5.59. The first-order valence-electron chi connectivity index (χ1n) is 8.37. The van der Waals surface area contributed by atoms with E-state index in [2.05, 4.69) is 4.98 Å². The van der Waals surface area contributed by atoms with Crippen LogP contribution in [0.25, 0.3) is 11.6 Å². The minimum atomic E-state index is -0.461. The van der Waals surface area contributed by atoms with Gasteiger partial charge >= 0.3 is 5.97 Å². The Morgan fingerprint density at radius 3 is 2.58 bits per heavy atom. The number of esters is 1. The summed E-state index contributed by atoms with van der Waals surface area (Å²) in [4.78, 5) is 16.8. The van der Waals surface area contributed by atoms with Crippen LogP contribution in [0.5, 0.6) is 0 Å². The highest BCUT2D eigenvalue weighted by atomic mass is 19.1. The Hall–Kier alpha value is -3.21. The quantitative estimate of drug-likeness (QED) is 0.495. The molecule has 0 bridgehead atoms. The molecule has 0 saturated heterocycles. The Labute approximate surface area is 151 Å². The molecule has 0 fully saturated rings. The molecule has 0 spiro atoms. The molecular weight excluding hydrogens is 331 g/mol. The number of aromatic nitrogens is 2. The normalized spacial score (nSPS) is 11.4. The van der Waals surface area contributed by atoms with Crippen LogP contribution in [0.1, 0.15) is 23.9 Å². The van der Waals surface area contributed by atoms with E-state index in [1.165, 1.54) is 12.1 Å². The fourth-order valence-corrected chi connectivity index (χ4v) is 2.61. The number of rotatable bonds is 6. The van der Waals surface area contributed by atoms with Crippen LogP contribution in [0.15, 0.2) is 67.0 Å². The van der Waals surface area contributed by atoms with E-state index in [-0.39, 0.29) is 12.4 Å². The van der Waals surface area contributed by atoms with E-state index in [1.807, 2.05) is 41.1 Å². The number of benzene rings is 2. The molecule has 0 N–H and O–H groups in total. The van der Waals surface area contributed by atoms with Crippen LogP contribution in [0.4, 0.5) is 4.39 Å². The maximum absolute atomic E-state index is 13.2. The van der Waals surface area contributed by atoms with Crippen LogP contribution in [-0.2, 0) is 16.1 Å². The van der Waals surface area contributed by atoms with E-state index in [0.717, 1.165) is 5.56 Å². The highest BCUT2D eigenvalue weighted by Gasteiger charge is 2.18. The van der Waals surface area contributed by atoms with Crippen LogP contribution in [-0.4, -0.2) is 22.1 Å². The van der Waals surface area contributed by atoms with Gasteiger partial charge in [-0.15, -0.1) is 0 Å². The van der Waals surface area contributed by atoms with Gasteiger partial charge in [0.2, 0.25) is 0 Å². The molecule has 0 unspecified atom stereocenters. The molecule has 0 saturated carbocycles. The van der Waals surface area contributed by atoms with Gasteiger partial charge in [0.15, 0.2) is 0 Å². The number of carbonyl (C=O) groups excluding carboxylic acids is 1. The first-order chi connectivity index (χ1) is 12.7. The monoisotopic (exact) mass is 350 g/mol. The highest BCUT2D eigenvalue weighted by molar-refractivity contribution is 6.20. The minimum absolute atomic E-state index is 0.263. The van der Waals surface area contributed by atoms with Gasteiger partial charge in [0, 0.05) is 18.9 Å². The molecule has 5 heteroatoms.